The average molecular weight is 302 g/mol. The second kappa shape index (κ2) is 6.10. The van der Waals surface area contributed by atoms with E-state index in [-0.39, 0.29) is 11.8 Å². The van der Waals surface area contributed by atoms with Gasteiger partial charge >= 0.3 is 0 Å². The fourth-order valence-electron chi connectivity index (χ4n) is 2.94. The van der Waals surface area contributed by atoms with Crippen LogP contribution in [0.15, 0.2) is 30.3 Å². The topological polar surface area (TPSA) is 63.4 Å². The first-order valence-electron chi connectivity index (χ1n) is 7.70. The van der Waals surface area contributed by atoms with E-state index in [1.807, 2.05) is 37.3 Å². The summed E-state index contributed by atoms with van der Waals surface area (Å²) in [4.78, 5) is 15.4. The van der Waals surface area contributed by atoms with Gasteiger partial charge in [0.2, 0.25) is 0 Å². The molecule has 5 heteroatoms. The molecule has 1 aliphatic heterocycles. The lowest BCUT2D eigenvalue weighted by molar-refractivity contribution is -0.153. The number of carbonyl (C=O) groups excluding carboxylic acids is 1. The molecular weight excluding hydrogens is 280 g/mol. The largest absolute Gasteiger partial charge is 0.351 e. The van der Waals surface area contributed by atoms with Crippen molar-refractivity contribution in [2.24, 2.45) is 5.92 Å². The number of ether oxygens (including phenoxy) is 2. The Labute approximate surface area is 130 Å². The Hall–Kier alpha value is -1.85. The summed E-state index contributed by atoms with van der Waals surface area (Å²) in [6, 6.07) is 9.73. The standard InChI is InChI=1S/C17H22N2O3/c1-12(10-17(2)21-7-8-22-17)11-18-16(20)15-9-13-5-3-4-6-14(13)19-15/h3-6,9,12,19H,7-8,10-11H2,1-2H3,(H,18,20)/t12-/m0/s1. The number of rotatable bonds is 5. The molecule has 0 radical (unpaired) electrons. The zero-order valence-corrected chi connectivity index (χ0v) is 13.0. The van der Waals surface area contributed by atoms with E-state index in [2.05, 4.69) is 17.2 Å². The molecule has 1 atom stereocenters. The summed E-state index contributed by atoms with van der Waals surface area (Å²) in [6.07, 6.45) is 0.764. The molecule has 0 saturated carbocycles. The third-order valence-electron chi connectivity index (χ3n) is 4.00. The molecule has 1 aromatic carbocycles. The lowest BCUT2D eigenvalue weighted by Crippen LogP contribution is -2.34. The molecule has 118 valence electrons. The van der Waals surface area contributed by atoms with Gasteiger partial charge in [-0.2, -0.15) is 0 Å². The number of nitrogens with one attached hydrogen (secondary N) is 2. The van der Waals surface area contributed by atoms with E-state index in [9.17, 15) is 4.79 Å². The molecule has 2 heterocycles. The van der Waals surface area contributed by atoms with Gasteiger partial charge < -0.3 is 19.8 Å². The Balaban J connectivity index is 1.55. The summed E-state index contributed by atoms with van der Waals surface area (Å²) in [6.45, 7) is 5.92. The molecule has 0 bridgehead atoms. The van der Waals surface area contributed by atoms with Crippen LogP contribution in [0.4, 0.5) is 0 Å². The highest BCUT2D eigenvalue weighted by atomic mass is 16.7. The van der Waals surface area contributed by atoms with Crippen molar-refractivity contribution in [3.05, 3.63) is 36.0 Å². The van der Waals surface area contributed by atoms with Gasteiger partial charge in [-0.3, -0.25) is 4.79 Å². The number of fused-ring (bicyclic) bond motifs is 1. The monoisotopic (exact) mass is 302 g/mol. The smallest absolute Gasteiger partial charge is 0.267 e. The van der Waals surface area contributed by atoms with Crippen molar-refractivity contribution < 1.29 is 14.3 Å². The van der Waals surface area contributed by atoms with Crippen molar-refractivity contribution in [1.82, 2.24) is 10.3 Å². The second-order valence-corrected chi connectivity index (χ2v) is 6.12. The zero-order chi connectivity index (χ0) is 15.6. The fraction of sp³-hybridized carbons (Fsp3) is 0.471. The molecule has 1 aliphatic rings. The Kier molecular flexibility index (Phi) is 4.18. The van der Waals surface area contributed by atoms with Gasteiger partial charge in [0.15, 0.2) is 5.79 Å². The molecule has 1 aromatic heterocycles. The molecule has 22 heavy (non-hydrogen) atoms. The number of aromatic amines is 1. The molecule has 3 rings (SSSR count). The van der Waals surface area contributed by atoms with Gasteiger partial charge in [0.05, 0.1) is 13.2 Å². The van der Waals surface area contributed by atoms with Gasteiger partial charge in [0.25, 0.3) is 5.91 Å². The number of H-pyrrole nitrogens is 1. The van der Waals surface area contributed by atoms with E-state index in [0.29, 0.717) is 25.5 Å². The minimum atomic E-state index is -0.509. The molecular formula is C17H22N2O3. The highest BCUT2D eigenvalue weighted by Crippen LogP contribution is 2.26. The Morgan fingerprint density at radius 1 is 1.36 bits per heavy atom. The maximum absolute atomic E-state index is 12.2. The third-order valence-corrected chi connectivity index (χ3v) is 4.00. The van der Waals surface area contributed by atoms with E-state index in [1.54, 1.807) is 0 Å². The first-order valence-corrected chi connectivity index (χ1v) is 7.70. The molecule has 1 saturated heterocycles. The van der Waals surface area contributed by atoms with Gasteiger partial charge in [0, 0.05) is 23.9 Å². The molecule has 0 unspecified atom stereocenters. The lowest BCUT2D eigenvalue weighted by atomic mass is 10.0. The summed E-state index contributed by atoms with van der Waals surface area (Å²) >= 11 is 0. The van der Waals surface area contributed by atoms with Crippen LogP contribution in [0.1, 0.15) is 30.8 Å². The molecule has 5 nitrogen and oxygen atoms in total. The first-order chi connectivity index (χ1) is 10.6. The van der Waals surface area contributed by atoms with Crippen LogP contribution in [-0.2, 0) is 9.47 Å². The Morgan fingerprint density at radius 3 is 2.82 bits per heavy atom. The van der Waals surface area contributed by atoms with Crippen LogP contribution in [0.5, 0.6) is 0 Å². The van der Waals surface area contributed by atoms with Crippen LogP contribution in [0.2, 0.25) is 0 Å². The number of aromatic nitrogens is 1. The molecule has 0 spiro atoms. The highest BCUT2D eigenvalue weighted by Gasteiger charge is 2.32. The summed E-state index contributed by atoms with van der Waals surface area (Å²) in [5.41, 5.74) is 1.56. The summed E-state index contributed by atoms with van der Waals surface area (Å²) in [7, 11) is 0. The molecule has 1 fully saturated rings. The predicted molar refractivity (Wildman–Crippen MR) is 84.7 cm³/mol. The van der Waals surface area contributed by atoms with E-state index in [0.717, 1.165) is 17.3 Å². The number of benzene rings is 1. The van der Waals surface area contributed by atoms with Crippen molar-refractivity contribution in [3.8, 4) is 0 Å². The quantitative estimate of drug-likeness (QED) is 0.892. The van der Waals surface area contributed by atoms with Crippen molar-refractivity contribution >= 4 is 16.8 Å². The normalized spacial score (nSPS) is 18.5. The van der Waals surface area contributed by atoms with E-state index in [1.165, 1.54) is 0 Å². The van der Waals surface area contributed by atoms with Crippen LogP contribution in [0.3, 0.4) is 0 Å². The summed E-state index contributed by atoms with van der Waals surface area (Å²) in [5, 5.41) is 4.01. The second-order valence-electron chi connectivity index (χ2n) is 6.12. The maximum atomic E-state index is 12.2. The van der Waals surface area contributed by atoms with Crippen LogP contribution in [0.25, 0.3) is 10.9 Å². The van der Waals surface area contributed by atoms with Crippen molar-refractivity contribution in [2.45, 2.75) is 26.1 Å². The summed E-state index contributed by atoms with van der Waals surface area (Å²) in [5.74, 6) is -0.316. The number of hydrogen-bond acceptors (Lipinski definition) is 3. The van der Waals surface area contributed by atoms with Gasteiger partial charge in [-0.05, 0) is 25.0 Å². The average Bonchev–Trinajstić information content (AvgIpc) is 3.10. The first kappa shape index (κ1) is 15.1. The molecule has 2 N–H and O–H groups in total. The Bertz CT molecular complexity index is 626. The number of hydrogen-bond donors (Lipinski definition) is 2. The highest BCUT2D eigenvalue weighted by molar-refractivity contribution is 5.97. The minimum Gasteiger partial charge on any atom is -0.351 e. The van der Waals surface area contributed by atoms with Gasteiger partial charge in [-0.15, -0.1) is 0 Å². The van der Waals surface area contributed by atoms with E-state index >= 15 is 0 Å². The van der Waals surface area contributed by atoms with Crippen LogP contribution in [-0.4, -0.2) is 36.4 Å². The fourth-order valence-corrected chi connectivity index (χ4v) is 2.94. The van der Waals surface area contributed by atoms with Crippen molar-refractivity contribution in [1.29, 1.82) is 0 Å². The predicted octanol–water partition coefficient (Wildman–Crippen LogP) is 2.69. The number of para-hydroxylation sites is 1. The van der Waals surface area contributed by atoms with Crippen LogP contribution >= 0.6 is 0 Å². The van der Waals surface area contributed by atoms with E-state index < -0.39 is 5.79 Å². The van der Waals surface area contributed by atoms with Crippen LogP contribution in [0, 0.1) is 5.92 Å². The molecule has 0 aliphatic carbocycles. The van der Waals surface area contributed by atoms with E-state index in [4.69, 9.17) is 9.47 Å². The van der Waals surface area contributed by atoms with Gasteiger partial charge in [-0.25, -0.2) is 0 Å². The molecule has 1 amide bonds. The van der Waals surface area contributed by atoms with Crippen molar-refractivity contribution in [2.75, 3.05) is 19.8 Å². The number of amides is 1. The summed E-state index contributed by atoms with van der Waals surface area (Å²) < 4.78 is 11.2. The minimum absolute atomic E-state index is 0.0820. The lowest BCUT2D eigenvalue weighted by Gasteiger charge is -2.25. The zero-order valence-electron chi connectivity index (χ0n) is 13.0. The van der Waals surface area contributed by atoms with Gasteiger partial charge in [0.1, 0.15) is 5.69 Å². The SMILES string of the molecule is C[C@H](CNC(=O)c1cc2ccccc2[nH]1)CC1(C)OCCO1. The van der Waals surface area contributed by atoms with Crippen molar-refractivity contribution in [3.63, 3.8) is 0 Å². The van der Waals surface area contributed by atoms with Crippen LogP contribution < -0.4 is 5.32 Å². The molecule has 2 aromatic rings. The maximum Gasteiger partial charge on any atom is 0.267 e. The third kappa shape index (κ3) is 3.31. The Morgan fingerprint density at radius 2 is 2.09 bits per heavy atom. The van der Waals surface area contributed by atoms with Gasteiger partial charge in [-0.1, -0.05) is 25.1 Å². The number of carbonyl (C=O) groups is 1.